The number of likely N-dealkylation sites (N-methyl/N-ethyl adjacent to an activating group) is 1. The van der Waals surface area contributed by atoms with Gasteiger partial charge in [-0.25, -0.2) is 0 Å². The summed E-state index contributed by atoms with van der Waals surface area (Å²) < 4.78 is 0. The van der Waals surface area contributed by atoms with E-state index in [9.17, 15) is 9.59 Å². The van der Waals surface area contributed by atoms with Gasteiger partial charge in [-0.3, -0.25) is 9.59 Å². The highest BCUT2D eigenvalue weighted by atomic mass is 35.5. The average molecular weight is 453 g/mol. The third-order valence-corrected chi connectivity index (χ3v) is 6.14. The van der Waals surface area contributed by atoms with Crippen LogP contribution in [0.2, 0.25) is 10.0 Å². The maximum Gasteiger partial charge on any atom is 0.242 e. The van der Waals surface area contributed by atoms with Gasteiger partial charge in [0.05, 0.1) is 15.8 Å². The van der Waals surface area contributed by atoms with Crippen molar-refractivity contribution in [1.29, 1.82) is 0 Å². The van der Waals surface area contributed by atoms with Crippen LogP contribution in [0.3, 0.4) is 0 Å². The van der Waals surface area contributed by atoms with E-state index in [-0.39, 0.29) is 11.8 Å². The molecule has 156 valence electrons. The van der Waals surface area contributed by atoms with Gasteiger partial charge in [-0.2, -0.15) is 0 Å². The van der Waals surface area contributed by atoms with E-state index in [0.717, 1.165) is 16.9 Å². The van der Waals surface area contributed by atoms with Crippen LogP contribution >= 0.6 is 35.0 Å². The molecule has 0 fully saturated rings. The minimum Gasteiger partial charge on any atom is -0.355 e. The SMILES string of the molecule is CCNC(=O)[C@@H](CC)N(Cc1ccc(Cl)c(Cl)c1)C(=O)CSCc1ccccc1. The molecular formula is C22H26Cl2N2O2S. The molecule has 0 unspecified atom stereocenters. The van der Waals surface area contributed by atoms with Crippen LogP contribution in [0.15, 0.2) is 48.5 Å². The Morgan fingerprint density at radius 2 is 1.76 bits per heavy atom. The van der Waals surface area contributed by atoms with Crippen LogP contribution in [0.25, 0.3) is 0 Å². The summed E-state index contributed by atoms with van der Waals surface area (Å²) in [6.07, 6.45) is 0.530. The van der Waals surface area contributed by atoms with Crippen LogP contribution in [0.5, 0.6) is 0 Å². The molecule has 7 heteroatoms. The summed E-state index contributed by atoms with van der Waals surface area (Å²) >= 11 is 13.7. The average Bonchev–Trinajstić information content (AvgIpc) is 2.71. The van der Waals surface area contributed by atoms with Gasteiger partial charge >= 0.3 is 0 Å². The summed E-state index contributed by atoms with van der Waals surface area (Å²) in [5, 5.41) is 3.73. The Labute approximate surface area is 187 Å². The van der Waals surface area contributed by atoms with Gasteiger partial charge in [-0.1, -0.05) is 66.5 Å². The third kappa shape index (κ3) is 7.25. The molecule has 0 saturated heterocycles. The molecule has 0 bridgehead atoms. The lowest BCUT2D eigenvalue weighted by molar-refractivity contribution is -0.139. The van der Waals surface area contributed by atoms with E-state index < -0.39 is 6.04 Å². The van der Waals surface area contributed by atoms with Gasteiger partial charge in [-0.05, 0) is 36.6 Å². The summed E-state index contributed by atoms with van der Waals surface area (Å²) in [6, 6.07) is 14.8. The van der Waals surface area contributed by atoms with Crippen molar-refractivity contribution in [1.82, 2.24) is 10.2 Å². The number of amides is 2. The molecule has 1 atom stereocenters. The summed E-state index contributed by atoms with van der Waals surface area (Å²) in [5.74, 6) is 0.823. The predicted octanol–water partition coefficient (Wildman–Crippen LogP) is 5.17. The number of hydrogen-bond donors (Lipinski definition) is 1. The second-order valence-electron chi connectivity index (χ2n) is 6.57. The van der Waals surface area contributed by atoms with Gasteiger partial charge in [0.15, 0.2) is 0 Å². The zero-order valence-corrected chi connectivity index (χ0v) is 19.0. The molecule has 2 rings (SSSR count). The number of hydrogen-bond acceptors (Lipinski definition) is 3. The molecule has 0 aliphatic carbocycles. The fraction of sp³-hybridized carbons (Fsp3) is 0.364. The minimum absolute atomic E-state index is 0.0740. The number of benzene rings is 2. The van der Waals surface area contributed by atoms with Crippen molar-refractivity contribution in [3.63, 3.8) is 0 Å². The highest BCUT2D eigenvalue weighted by Crippen LogP contribution is 2.24. The van der Waals surface area contributed by atoms with Crippen LogP contribution in [0, 0.1) is 0 Å². The second-order valence-corrected chi connectivity index (χ2v) is 8.37. The van der Waals surface area contributed by atoms with Gasteiger partial charge in [0, 0.05) is 18.8 Å². The molecule has 0 saturated carbocycles. The third-order valence-electron chi connectivity index (χ3n) is 4.41. The Balaban J connectivity index is 2.14. The maximum absolute atomic E-state index is 13.1. The van der Waals surface area contributed by atoms with E-state index >= 15 is 0 Å². The standard InChI is InChI=1S/C22H26Cl2N2O2S/c1-3-20(22(28)25-4-2)26(13-17-10-11-18(23)19(24)12-17)21(27)15-29-14-16-8-6-5-7-9-16/h5-12,20H,3-4,13-15H2,1-2H3,(H,25,28)/t20-/m1/s1. The summed E-state index contributed by atoms with van der Waals surface area (Å²) in [5.41, 5.74) is 2.00. The Hall–Kier alpha value is -1.69. The summed E-state index contributed by atoms with van der Waals surface area (Å²) in [4.78, 5) is 27.3. The number of carbonyl (C=O) groups is 2. The van der Waals surface area contributed by atoms with Crippen LogP contribution in [-0.4, -0.2) is 35.1 Å². The van der Waals surface area contributed by atoms with Crippen LogP contribution in [0.4, 0.5) is 0 Å². The maximum atomic E-state index is 13.1. The molecule has 4 nitrogen and oxygen atoms in total. The van der Waals surface area contributed by atoms with E-state index in [1.165, 1.54) is 0 Å². The normalized spacial score (nSPS) is 11.7. The Morgan fingerprint density at radius 1 is 1.03 bits per heavy atom. The van der Waals surface area contributed by atoms with Crippen LogP contribution < -0.4 is 5.32 Å². The topological polar surface area (TPSA) is 49.4 Å². The van der Waals surface area contributed by atoms with Gasteiger partial charge < -0.3 is 10.2 Å². The molecule has 1 N–H and O–H groups in total. The summed E-state index contributed by atoms with van der Waals surface area (Å²) in [7, 11) is 0. The van der Waals surface area contributed by atoms with Gasteiger partial charge in [0.25, 0.3) is 0 Å². The molecule has 0 radical (unpaired) electrons. The first-order chi connectivity index (χ1) is 14.0. The molecule has 2 aromatic carbocycles. The molecule has 29 heavy (non-hydrogen) atoms. The fourth-order valence-electron chi connectivity index (χ4n) is 2.96. The summed E-state index contributed by atoms with van der Waals surface area (Å²) in [6.45, 7) is 4.60. The van der Waals surface area contributed by atoms with Crippen molar-refractivity contribution in [3.05, 3.63) is 69.7 Å². The van der Waals surface area contributed by atoms with Crippen molar-refractivity contribution in [3.8, 4) is 0 Å². The first kappa shape index (κ1) is 23.6. The predicted molar refractivity (Wildman–Crippen MR) is 122 cm³/mol. The van der Waals surface area contributed by atoms with Gasteiger partial charge in [0.2, 0.25) is 11.8 Å². The quantitative estimate of drug-likeness (QED) is 0.540. The zero-order chi connectivity index (χ0) is 21.2. The Kier molecular flexibility index (Phi) is 9.85. The zero-order valence-electron chi connectivity index (χ0n) is 16.7. The van der Waals surface area contributed by atoms with Crippen molar-refractivity contribution in [2.75, 3.05) is 12.3 Å². The number of thioether (sulfide) groups is 1. The largest absolute Gasteiger partial charge is 0.355 e. The van der Waals surface area contributed by atoms with Crippen LogP contribution in [-0.2, 0) is 21.9 Å². The van der Waals surface area contributed by atoms with Crippen molar-refractivity contribution >= 4 is 46.8 Å². The molecule has 2 aromatic rings. The number of nitrogens with one attached hydrogen (secondary N) is 1. The number of nitrogens with zero attached hydrogens (tertiary/aromatic N) is 1. The molecule has 0 aromatic heterocycles. The van der Waals surface area contributed by atoms with E-state index in [1.54, 1.807) is 28.8 Å². The molecule has 0 heterocycles. The molecule has 2 amide bonds. The number of halogens is 2. The molecular weight excluding hydrogens is 427 g/mol. The fourth-order valence-corrected chi connectivity index (χ4v) is 4.15. The van der Waals surface area contributed by atoms with Crippen molar-refractivity contribution in [2.24, 2.45) is 0 Å². The minimum atomic E-state index is -0.533. The first-order valence-corrected chi connectivity index (χ1v) is 11.5. The Bertz CT molecular complexity index is 818. The lowest BCUT2D eigenvalue weighted by atomic mass is 10.1. The monoisotopic (exact) mass is 452 g/mol. The van der Waals surface area contributed by atoms with Gasteiger partial charge in [-0.15, -0.1) is 11.8 Å². The lowest BCUT2D eigenvalue weighted by Gasteiger charge is -2.30. The van der Waals surface area contributed by atoms with E-state index in [1.807, 2.05) is 50.2 Å². The highest BCUT2D eigenvalue weighted by Gasteiger charge is 2.28. The smallest absolute Gasteiger partial charge is 0.242 e. The molecule has 0 spiro atoms. The molecule has 0 aliphatic heterocycles. The van der Waals surface area contributed by atoms with Crippen molar-refractivity contribution < 1.29 is 9.59 Å². The van der Waals surface area contributed by atoms with Crippen LogP contribution in [0.1, 0.15) is 31.4 Å². The first-order valence-electron chi connectivity index (χ1n) is 9.59. The van der Waals surface area contributed by atoms with E-state index in [2.05, 4.69) is 5.32 Å². The number of carbonyl (C=O) groups excluding carboxylic acids is 2. The lowest BCUT2D eigenvalue weighted by Crippen LogP contribution is -2.49. The second kappa shape index (κ2) is 12.1. The van der Waals surface area contributed by atoms with Gasteiger partial charge in [0.1, 0.15) is 6.04 Å². The number of rotatable bonds is 10. The van der Waals surface area contributed by atoms with E-state index in [4.69, 9.17) is 23.2 Å². The van der Waals surface area contributed by atoms with E-state index in [0.29, 0.717) is 35.3 Å². The molecule has 0 aliphatic rings. The van der Waals surface area contributed by atoms with Crippen molar-refractivity contribution in [2.45, 2.75) is 38.6 Å². The highest BCUT2D eigenvalue weighted by molar-refractivity contribution is 7.99. The Morgan fingerprint density at radius 3 is 2.38 bits per heavy atom.